The summed E-state index contributed by atoms with van der Waals surface area (Å²) in [6.45, 7) is 6.30. The molecule has 104 valence electrons. The van der Waals surface area contributed by atoms with Gasteiger partial charge in [0.25, 0.3) is 0 Å². The van der Waals surface area contributed by atoms with Crippen molar-refractivity contribution in [2.24, 2.45) is 5.41 Å². The lowest BCUT2D eigenvalue weighted by Gasteiger charge is -2.34. The number of fused-ring (bicyclic) bond motifs is 1. The van der Waals surface area contributed by atoms with E-state index < -0.39 is 6.09 Å². The van der Waals surface area contributed by atoms with Crippen LogP contribution in [0, 0.1) is 5.41 Å². The predicted molar refractivity (Wildman–Crippen MR) is 70.4 cm³/mol. The number of methoxy groups -OCH3 is 1. The first-order chi connectivity index (χ1) is 8.75. The molecule has 5 heteroatoms. The van der Waals surface area contributed by atoms with E-state index in [0.29, 0.717) is 12.3 Å². The number of amides is 1. The molecule has 1 aliphatic rings. The number of carboxylic acid groups (broad SMARTS) is 1. The van der Waals surface area contributed by atoms with Gasteiger partial charge in [0.1, 0.15) is 0 Å². The fourth-order valence-corrected chi connectivity index (χ4v) is 2.74. The molecule has 1 aromatic rings. The highest BCUT2D eigenvalue weighted by atomic mass is 16.5. The van der Waals surface area contributed by atoms with E-state index in [4.69, 9.17) is 4.74 Å². The topological polar surface area (TPSA) is 70.0 Å². The van der Waals surface area contributed by atoms with Crippen molar-refractivity contribution >= 4 is 6.09 Å². The number of nitrogens with zero attached hydrogens (tertiary/aromatic N) is 1. The van der Waals surface area contributed by atoms with Gasteiger partial charge in [0.05, 0.1) is 19.7 Å². The van der Waals surface area contributed by atoms with E-state index in [1.807, 2.05) is 20.8 Å². The number of hydrogen-bond donors (Lipinski definition) is 2. The van der Waals surface area contributed by atoms with Crippen LogP contribution in [0.4, 0.5) is 4.79 Å². The molecule has 1 heterocycles. The molecule has 1 unspecified atom stereocenters. The van der Waals surface area contributed by atoms with Crippen molar-refractivity contribution in [3.63, 3.8) is 0 Å². The Morgan fingerprint density at radius 3 is 2.53 bits per heavy atom. The van der Waals surface area contributed by atoms with Gasteiger partial charge >= 0.3 is 6.09 Å². The van der Waals surface area contributed by atoms with Crippen molar-refractivity contribution in [1.29, 1.82) is 0 Å². The smallest absolute Gasteiger partial charge is 0.408 e. The van der Waals surface area contributed by atoms with Gasteiger partial charge in [-0.3, -0.25) is 4.90 Å². The molecule has 19 heavy (non-hydrogen) atoms. The van der Waals surface area contributed by atoms with Crippen molar-refractivity contribution in [2.75, 3.05) is 7.11 Å². The summed E-state index contributed by atoms with van der Waals surface area (Å²) in [6, 6.07) is 3.09. The Hall–Kier alpha value is -1.91. The van der Waals surface area contributed by atoms with Crippen LogP contribution in [-0.2, 0) is 6.54 Å². The molecule has 0 fully saturated rings. The van der Waals surface area contributed by atoms with Gasteiger partial charge in [0.2, 0.25) is 0 Å². The monoisotopic (exact) mass is 265 g/mol. The molecule has 1 atom stereocenters. The molecule has 0 saturated carbocycles. The highest BCUT2D eigenvalue weighted by Crippen LogP contribution is 2.47. The lowest BCUT2D eigenvalue weighted by molar-refractivity contribution is 0.0899. The second-order valence-electron chi connectivity index (χ2n) is 5.90. The standard InChI is InChI=1S/C14H19NO4/c1-14(2,3)12-9-6-11(19-4)10(16)5-8(9)7-15(12)13(17)18/h5-6,12,16H,7H2,1-4H3,(H,17,18). The summed E-state index contributed by atoms with van der Waals surface area (Å²) in [5, 5.41) is 19.1. The summed E-state index contributed by atoms with van der Waals surface area (Å²) in [5.74, 6) is 0.418. The van der Waals surface area contributed by atoms with E-state index >= 15 is 0 Å². The van der Waals surface area contributed by atoms with E-state index in [9.17, 15) is 15.0 Å². The SMILES string of the molecule is COc1cc2c(cc1O)CN(C(=O)O)C2C(C)(C)C. The Kier molecular flexibility index (Phi) is 3.08. The van der Waals surface area contributed by atoms with Crippen LogP contribution in [0.2, 0.25) is 0 Å². The molecule has 0 bridgehead atoms. The highest BCUT2D eigenvalue weighted by Gasteiger charge is 2.41. The summed E-state index contributed by atoms with van der Waals surface area (Å²) >= 11 is 0. The minimum atomic E-state index is -0.949. The van der Waals surface area contributed by atoms with E-state index in [0.717, 1.165) is 11.1 Å². The third-order valence-corrected chi connectivity index (χ3v) is 3.45. The molecule has 0 spiro atoms. The molecular weight excluding hydrogens is 246 g/mol. The zero-order valence-corrected chi connectivity index (χ0v) is 11.6. The first kappa shape index (κ1) is 13.5. The third kappa shape index (κ3) is 2.20. The molecular formula is C14H19NO4. The Morgan fingerprint density at radius 2 is 2.05 bits per heavy atom. The highest BCUT2D eigenvalue weighted by molar-refractivity contribution is 5.68. The van der Waals surface area contributed by atoms with E-state index in [-0.39, 0.29) is 17.2 Å². The average Bonchev–Trinajstić information content (AvgIpc) is 2.65. The van der Waals surface area contributed by atoms with Gasteiger partial charge in [0.15, 0.2) is 11.5 Å². The average molecular weight is 265 g/mol. The van der Waals surface area contributed by atoms with Crippen molar-refractivity contribution in [3.05, 3.63) is 23.3 Å². The van der Waals surface area contributed by atoms with Gasteiger partial charge in [-0.25, -0.2) is 4.79 Å². The number of aromatic hydroxyl groups is 1. The summed E-state index contributed by atoms with van der Waals surface area (Å²) in [5.41, 5.74) is 1.51. The first-order valence-electron chi connectivity index (χ1n) is 6.15. The molecule has 2 N–H and O–H groups in total. The van der Waals surface area contributed by atoms with Gasteiger partial charge in [-0.05, 0) is 28.7 Å². The second kappa shape index (κ2) is 4.33. The fourth-order valence-electron chi connectivity index (χ4n) is 2.74. The maximum Gasteiger partial charge on any atom is 0.408 e. The number of carbonyl (C=O) groups is 1. The molecule has 0 saturated heterocycles. The predicted octanol–water partition coefficient (Wildman–Crippen LogP) is 2.98. The minimum Gasteiger partial charge on any atom is -0.504 e. The van der Waals surface area contributed by atoms with Gasteiger partial charge in [0, 0.05) is 0 Å². The quantitative estimate of drug-likeness (QED) is 0.819. The molecule has 1 aliphatic heterocycles. The Bertz CT molecular complexity index is 519. The van der Waals surface area contributed by atoms with Crippen LogP contribution in [0.5, 0.6) is 11.5 Å². The maximum absolute atomic E-state index is 11.4. The lowest BCUT2D eigenvalue weighted by atomic mass is 9.82. The summed E-state index contributed by atoms with van der Waals surface area (Å²) in [6.07, 6.45) is -0.949. The first-order valence-corrected chi connectivity index (χ1v) is 6.15. The van der Waals surface area contributed by atoms with Gasteiger partial charge in [-0.1, -0.05) is 20.8 Å². The van der Waals surface area contributed by atoms with Gasteiger partial charge in [-0.15, -0.1) is 0 Å². The maximum atomic E-state index is 11.4. The summed E-state index contributed by atoms with van der Waals surface area (Å²) < 4.78 is 5.11. The zero-order valence-electron chi connectivity index (χ0n) is 11.6. The van der Waals surface area contributed by atoms with Crippen LogP contribution in [-0.4, -0.2) is 28.3 Å². The minimum absolute atomic E-state index is 0.0427. The second-order valence-corrected chi connectivity index (χ2v) is 5.90. The summed E-state index contributed by atoms with van der Waals surface area (Å²) in [4.78, 5) is 12.8. The Labute approximate surface area is 112 Å². The Morgan fingerprint density at radius 1 is 1.42 bits per heavy atom. The molecule has 1 amide bonds. The normalized spacial score (nSPS) is 18.3. The van der Waals surface area contributed by atoms with Gasteiger partial charge in [-0.2, -0.15) is 0 Å². The van der Waals surface area contributed by atoms with Crippen LogP contribution in [0.1, 0.15) is 37.9 Å². The van der Waals surface area contributed by atoms with Crippen LogP contribution < -0.4 is 4.74 Å². The van der Waals surface area contributed by atoms with E-state index in [1.54, 1.807) is 12.1 Å². The molecule has 0 aliphatic carbocycles. The molecule has 5 nitrogen and oxygen atoms in total. The lowest BCUT2D eigenvalue weighted by Crippen LogP contribution is -2.35. The van der Waals surface area contributed by atoms with Crippen LogP contribution >= 0.6 is 0 Å². The third-order valence-electron chi connectivity index (χ3n) is 3.45. The van der Waals surface area contributed by atoms with Crippen molar-refractivity contribution < 1.29 is 19.7 Å². The molecule has 1 aromatic carbocycles. The van der Waals surface area contributed by atoms with Crippen LogP contribution in [0.3, 0.4) is 0 Å². The number of benzene rings is 1. The van der Waals surface area contributed by atoms with Crippen molar-refractivity contribution in [2.45, 2.75) is 33.4 Å². The van der Waals surface area contributed by atoms with Crippen molar-refractivity contribution in [1.82, 2.24) is 4.90 Å². The number of phenolic OH excluding ortho intramolecular Hbond substituents is 1. The number of ether oxygens (including phenoxy) is 1. The van der Waals surface area contributed by atoms with Crippen LogP contribution in [0.25, 0.3) is 0 Å². The molecule has 0 aromatic heterocycles. The van der Waals surface area contributed by atoms with Crippen molar-refractivity contribution in [3.8, 4) is 11.5 Å². The summed E-state index contributed by atoms with van der Waals surface area (Å²) in [7, 11) is 1.48. The number of rotatable bonds is 1. The fraction of sp³-hybridized carbons (Fsp3) is 0.500. The van der Waals surface area contributed by atoms with Gasteiger partial charge < -0.3 is 14.9 Å². The van der Waals surface area contributed by atoms with Crippen LogP contribution in [0.15, 0.2) is 12.1 Å². The van der Waals surface area contributed by atoms with E-state index in [1.165, 1.54) is 12.0 Å². The number of hydrogen-bond acceptors (Lipinski definition) is 3. The molecule has 2 rings (SSSR count). The van der Waals surface area contributed by atoms with E-state index in [2.05, 4.69) is 0 Å². The zero-order chi connectivity index (χ0) is 14.4. The Balaban J connectivity index is 2.56. The molecule has 0 radical (unpaired) electrons. The number of phenols is 1. The largest absolute Gasteiger partial charge is 0.504 e.